The van der Waals surface area contributed by atoms with Crippen molar-refractivity contribution in [2.75, 3.05) is 26.2 Å². The largest absolute Gasteiger partial charge is 0.478 e. The van der Waals surface area contributed by atoms with E-state index in [1.165, 1.54) is 38.3 Å². The fourth-order valence-corrected chi connectivity index (χ4v) is 20.6. The molecular formula is C92H119Cl4F8N7O8. The molecule has 5 aliphatic carbocycles. The number of ether oxygens (including phenoxy) is 1. The number of rotatable bonds is 19. The van der Waals surface area contributed by atoms with Crippen LogP contribution in [0.15, 0.2) is 97.6 Å². The van der Waals surface area contributed by atoms with E-state index in [-0.39, 0.29) is 147 Å². The maximum atomic E-state index is 13.9. The lowest BCUT2D eigenvalue weighted by atomic mass is 9.77. The number of hydrogen-bond acceptors (Lipinski definition) is 9. The number of hydrogen-bond donors (Lipinski definition) is 6. The van der Waals surface area contributed by atoms with E-state index in [2.05, 4.69) is 24.4 Å². The smallest absolute Gasteiger partial charge is 0.410 e. The Kier molecular flexibility index (Phi) is 33.1. The Morgan fingerprint density at radius 3 is 1.29 bits per heavy atom. The molecule has 4 aromatic heterocycles. The summed E-state index contributed by atoms with van der Waals surface area (Å²) >= 11 is 25.0. The first-order valence-corrected chi connectivity index (χ1v) is 44.1. The van der Waals surface area contributed by atoms with Gasteiger partial charge in [0, 0.05) is 170 Å². The summed E-state index contributed by atoms with van der Waals surface area (Å²) in [6.07, 6.45) is 21.1. The van der Waals surface area contributed by atoms with E-state index < -0.39 is 35.3 Å². The number of nitrogens with zero attached hydrogens (tertiary/aromatic N) is 3. The number of carboxylic acid groups (broad SMARTS) is 1. The molecule has 2 aliphatic heterocycles. The molecule has 654 valence electrons. The lowest BCUT2D eigenvalue weighted by Crippen LogP contribution is -2.41. The summed E-state index contributed by atoms with van der Waals surface area (Å²) in [5.74, 6) is -10.6. The number of amides is 1. The number of nitrogens with two attached hydrogens (primary N) is 1. The third-order valence-electron chi connectivity index (χ3n) is 24.4. The average Bonchev–Trinajstić information content (AvgIpc) is 1.63. The number of aromatic carboxylic acids is 1. The molecule has 10 unspecified atom stereocenters. The molecular weight excluding hydrogens is 1620 g/mol. The SMILES string of the molecule is CC(C)(C)OC(=O)N1CCCC1CO.CC1CC(CCC(=O)c2c[nH]c3cccc(Cl)c23)CC(F)(F)C1.CC1CC(CCC(=O)c2cn(CC3CCCC3)c3cccc(Cl)c23)CC(F)(F)C1.CC1CC(CCC(=O)c2cn(CC3CCCN3)c3cccc(Cl)c23)CC(F)(F)C1.CC1CC(CN)CC(F)(F)C1.O=C(O)c1c[nH]c2cccc(Cl)c12. The average molecular weight is 1740 g/mol. The number of halogens is 12. The highest BCUT2D eigenvalue weighted by molar-refractivity contribution is 6.38. The van der Waals surface area contributed by atoms with E-state index in [9.17, 15) is 59.1 Å². The zero-order chi connectivity index (χ0) is 86.5. The predicted octanol–water partition coefficient (Wildman–Crippen LogP) is 25.4. The molecule has 0 radical (unpaired) electrons. The Bertz CT molecular complexity index is 4590. The van der Waals surface area contributed by atoms with Crippen molar-refractivity contribution >= 4 is 119 Å². The zero-order valence-electron chi connectivity index (χ0n) is 69.5. The quantitative estimate of drug-likeness (QED) is 0.0332. The lowest BCUT2D eigenvalue weighted by Gasteiger charge is -2.33. The summed E-state index contributed by atoms with van der Waals surface area (Å²) in [4.78, 5) is 68.5. The van der Waals surface area contributed by atoms with Gasteiger partial charge in [0.25, 0.3) is 0 Å². The van der Waals surface area contributed by atoms with Crippen molar-refractivity contribution in [3.8, 4) is 0 Å². The number of benzene rings is 4. The minimum absolute atomic E-state index is 0.00257. The fraction of sp³-hybridized carbons (Fsp3) is 0.598. The third kappa shape index (κ3) is 26.7. The second kappa shape index (κ2) is 41.6. The highest BCUT2D eigenvalue weighted by Gasteiger charge is 2.44. The predicted molar refractivity (Wildman–Crippen MR) is 459 cm³/mol. The van der Waals surface area contributed by atoms with E-state index in [0.717, 1.165) is 103 Å². The number of nitrogens with one attached hydrogen (secondary N) is 3. The molecule has 1 amide bonds. The van der Waals surface area contributed by atoms with E-state index >= 15 is 0 Å². The van der Waals surface area contributed by atoms with Gasteiger partial charge < -0.3 is 50.0 Å². The molecule has 0 bridgehead atoms. The summed E-state index contributed by atoms with van der Waals surface area (Å²) in [7, 11) is 0. The van der Waals surface area contributed by atoms with Crippen molar-refractivity contribution < 1.29 is 74.0 Å². The van der Waals surface area contributed by atoms with Crippen LogP contribution < -0.4 is 11.1 Å². The van der Waals surface area contributed by atoms with Gasteiger partial charge in [0.15, 0.2) is 17.3 Å². The zero-order valence-corrected chi connectivity index (χ0v) is 72.5. The van der Waals surface area contributed by atoms with Crippen molar-refractivity contribution in [1.29, 1.82) is 0 Å². The van der Waals surface area contributed by atoms with Crippen molar-refractivity contribution in [1.82, 2.24) is 29.3 Å². The first-order chi connectivity index (χ1) is 56.2. The molecule has 7 fully saturated rings. The molecule has 4 aromatic carbocycles. The van der Waals surface area contributed by atoms with Crippen LogP contribution in [0.4, 0.5) is 39.9 Å². The number of aliphatic hydroxyl groups is 1. The molecule has 119 heavy (non-hydrogen) atoms. The number of fused-ring (bicyclic) bond motifs is 4. The van der Waals surface area contributed by atoms with Crippen molar-refractivity contribution in [2.24, 2.45) is 59.0 Å². The first-order valence-electron chi connectivity index (χ1n) is 42.6. The van der Waals surface area contributed by atoms with Crippen molar-refractivity contribution in [3.63, 3.8) is 0 Å². The number of carbonyl (C=O) groups is 5. The van der Waals surface area contributed by atoms with Crippen LogP contribution in [0.5, 0.6) is 0 Å². The molecule has 7 N–H and O–H groups in total. The maximum Gasteiger partial charge on any atom is 0.410 e. The molecule has 7 aliphatic rings. The molecule has 5 saturated carbocycles. The highest BCUT2D eigenvalue weighted by atomic mass is 35.5. The molecule has 27 heteroatoms. The number of ketones is 3. The van der Waals surface area contributed by atoms with Crippen LogP contribution in [0.1, 0.15) is 257 Å². The monoisotopic (exact) mass is 1740 g/mol. The number of carboxylic acids is 1. The standard InChI is InChI=1S/C24H30ClF2NO.C23H29ClF2N2O.C18H20ClF2NO.C10H19NO3.C9H6ClNO2.C8H15F2N/c1-16-11-18(13-24(26,27)12-16)9-10-22(29)19-15-28(14-17-5-2-3-6-17)21-8-4-7-20(25)23(19)21;1-15-10-16(12-23(25,26)11-15)7-8-21(29)18-14-28(13-17-4-3-9-27-17)20-6-2-5-19(24)22(18)20;1-11-7-12(9-18(20,21)8-11)5-6-16(23)13-10-22-15-4-2-3-14(19)17(13)15;1-10(2,3)14-9(13)11-6-4-5-8(11)7-12;10-6-2-1-3-7-8(6)5(4-11-7)9(12)13;1-6-2-7(5-11)4-8(9,10)3-6/h4,7-8,15-18H,2-3,5-6,9-14H2,1H3;2,5-6,14-17,27H,3-4,7-13H2,1H3;2-4,10-12,22H,5-9H2,1H3;8,12H,4-7H2,1-3H3;1-4,11H,(H,12,13);6-7H,2-5,11H2,1H3. The summed E-state index contributed by atoms with van der Waals surface area (Å²) < 4.78 is 118. The fourth-order valence-electron chi connectivity index (χ4n) is 19.5. The summed E-state index contributed by atoms with van der Waals surface area (Å²) in [6.45, 7) is 16.9. The van der Waals surface area contributed by atoms with Crippen LogP contribution in [-0.2, 0) is 17.8 Å². The van der Waals surface area contributed by atoms with Gasteiger partial charge in [-0.2, -0.15) is 0 Å². The van der Waals surface area contributed by atoms with Gasteiger partial charge in [-0.3, -0.25) is 14.4 Å². The van der Waals surface area contributed by atoms with Crippen LogP contribution in [0.2, 0.25) is 20.1 Å². The minimum Gasteiger partial charge on any atom is -0.478 e. The third-order valence-corrected chi connectivity index (χ3v) is 25.7. The molecule has 15 rings (SSSR count). The lowest BCUT2D eigenvalue weighted by molar-refractivity contribution is -0.0709. The van der Waals surface area contributed by atoms with Crippen LogP contribution in [0, 0.1) is 53.3 Å². The van der Waals surface area contributed by atoms with Gasteiger partial charge in [0.05, 0.1) is 49.3 Å². The number of likely N-dealkylation sites (tertiary alicyclic amines) is 1. The highest BCUT2D eigenvalue weighted by Crippen LogP contribution is 2.47. The minimum atomic E-state index is -2.60. The second-order valence-corrected chi connectivity index (χ2v) is 37.9. The van der Waals surface area contributed by atoms with E-state index in [1.807, 2.05) is 109 Å². The number of alkyl halides is 8. The van der Waals surface area contributed by atoms with Crippen LogP contribution in [-0.4, -0.2) is 131 Å². The summed E-state index contributed by atoms with van der Waals surface area (Å²) in [5, 5.41) is 26.4. The summed E-state index contributed by atoms with van der Waals surface area (Å²) in [6, 6.07) is 22.5. The van der Waals surface area contributed by atoms with Crippen LogP contribution in [0.3, 0.4) is 0 Å². The Balaban J connectivity index is 0.000000156. The molecule has 10 atom stereocenters. The Morgan fingerprint density at radius 1 is 0.496 bits per heavy atom. The normalized spacial score (nSPS) is 24.5. The topological polar surface area (TPSA) is 218 Å². The van der Waals surface area contributed by atoms with Crippen LogP contribution in [0.25, 0.3) is 43.6 Å². The van der Waals surface area contributed by atoms with E-state index in [0.29, 0.717) is 99.3 Å². The van der Waals surface area contributed by atoms with Gasteiger partial charge in [0.1, 0.15) is 5.60 Å². The molecule has 2 saturated heterocycles. The van der Waals surface area contributed by atoms with Crippen LogP contribution >= 0.6 is 46.4 Å². The number of H-pyrrole nitrogens is 2. The maximum absolute atomic E-state index is 13.9. The molecule has 6 heterocycles. The van der Waals surface area contributed by atoms with E-state index in [4.69, 9.17) is 67.1 Å². The first kappa shape index (κ1) is 94.5. The number of aromatic amines is 2. The number of aromatic nitrogens is 4. The van der Waals surface area contributed by atoms with Gasteiger partial charge in [0.2, 0.25) is 23.7 Å². The number of aliphatic hydroxyl groups excluding tert-OH is 1. The van der Waals surface area contributed by atoms with Gasteiger partial charge >= 0.3 is 12.1 Å². The van der Waals surface area contributed by atoms with Gasteiger partial charge in [-0.25, -0.2) is 44.7 Å². The van der Waals surface area contributed by atoms with Crippen molar-refractivity contribution in [3.05, 3.63) is 140 Å². The molecule has 8 aromatic rings. The van der Waals surface area contributed by atoms with Gasteiger partial charge in [-0.1, -0.05) is 111 Å². The Hall–Kier alpha value is -6.73. The Labute approximate surface area is 713 Å². The van der Waals surface area contributed by atoms with Gasteiger partial charge in [-0.15, -0.1) is 0 Å². The Morgan fingerprint density at radius 2 is 0.891 bits per heavy atom. The second-order valence-electron chi connectivity index (χ2n) is 36.3. The number of Topliss-reactive ketones (excluding diaryl/α,β-unsaturated/α-hetero) is 3. The number of carbonyl (C=O) groups excluding carboxylic acids is 4. The van der Waals surface area contributed by atoms with Gasteiger partial charge in [-0.05, 0) is 219 Å². The van der Waals surface area contributed by atoms with Crippen molar-refractivity contribution in [2.45, 2.75) is 270 Å². The molecule has 15 nitrogen and oxygen atoms in total. The summed E-state index contributed by atoms with van der Waals surface area (Å²) in [5.41, 5.74) is 10.5. The molecule has 0 spiro atoms. The van der Waals surface area contributed by atoms with E-state index in [1.54, 1.807) is 35.4 Å².